The number of nitrogens with two attached hydrogens (primary N) is 1. The molecule has 3 N–H and O–H groups in total. The van der Waals surface area contributed by atoms with Gasteiger partial charge in [0.25, 0.3) is 0 Å². The minimum atomic E-state index is 0.530. The lowest BCUT2D eigenvalue weighted by molar-refractivity contribution is 0.581. The number of unbranched alkanes of at least 4 members (excludes halogenated alkanes) is 7. The number of nitrogens with one attached hydrogen (secondary N) is 1. The second-order valence-electron chi connectivity index (χ2n) is 5.07. The first-order valence-corrected chi connectivity index (χ1v) is 8.91. The van der Waals surface area contributed by atoms with Gasteiger partial charge in [0.05, 0.1) is 0 Å². The van der Waals surface area contributed by atoms with Gasteiger partial charge in [-0.3, -0.25) is 0 Å². The lowest BCUT2D eigenvalue weighted by Gasteiger charge is -2.07. The molecule has 1 aromatic heterocycles. The van der Waals surface area contributed by atoms with Crippen LogP contribution in [0.4, 0.5) is 11.6 Å². The third-order valence-electron chi connectivity index (χ3n) is 3.24. The topological polar surface area (TPSA) is 63.8 Å². The van der Waals surface area contributed by atoms with Gasteiger partial charge in [0.2, 0.25) is 0 Å². The van der Waals surface area contributed by atoms with E-state index in [0.717, 1.165) is 17.5 Å². The fourth-order valence-corrected chi connectivity index (χ4v) is 2.49. The number of aromatic nitrogens is 2. The summed E-state index contributed by atoms with van der Waals surface area (Å²) in [7, 11) is 0. The number of thioether (sulfide) groups is 1. The molecule has 0 aliphatic heterocycles. The van der Waals surface area contributed by atoms with Crippen LogP contribution in [-0.4, -0.2) is 22.8 Å². The summed E-state index contributed by atoms with van der Waals surface area (Å²) < 4.78 is 0. The number of rotatable bonds is 11. The first kappa shape index (κ1) is 17.1. The predicted octanol–water partition coefficient (Wildman–Crippen LogP) is 4.33. The number of nitrogens with zero attached hydrogens (tertiary/aromatic N) is 2. The van der Waals surface area contributed by atoms with E-state index in [2.05, 4.69) is 22.2 Å². The fraction of sp³-hybridized carbons (Fsp3) is 0.733. The van der Waals surface area contributed by atoms with Gasteiger partial charge in [-0.25, -0.2) is 9.97 Å². The molecule has 0 aliphatic carbocycles. The molecule has 0 atom stereocenters. The van der Waals surface area contributed by atoms with Crippen LogP contribution in [0.3, 0.4) is 0 Å². The average Bonchev–Trinajstić information content (AvgIpc) is 2.45. The summed E-state index contributed by atoms with van der Waals surface area (Å²) in [6.45, 7) is 3.22. The van der Waals surface area contributed by atoms with Gasteiger partial charge < -0.3 is 11.1 Å². The van der Waals surface area contributed by atoms with Crippen LogP contribution in [-0.2, 0) is 0 Å². The summed E-state index contributed by atoms with van der Waals surface area (Å²) >= 11 is 1.51. The molecule has 0 bridgehead atoms. The molecule has 0 aromatic carbocycles. The maximum absolute atomic E-state index is 5.74. The molecule has 0 saturated carbocycles. The number of hydrogen-bond acceptors (Lipinski definition) is 5. The van der Waals surface area contributed by atoms with Crippen LogP contribution < -0.4 is 11.1 Å². The van der Waals surface area contributed by atoms with Crippen LogP contribution in [0.1, 0.15) is 58.3 Å². The van der Waals surface area contributed by atoms with Crippen molar-refractivity contribution in [2.24, 2.45) is 0 Å². The van der Waals surface area contributed by atoms with E-state index in [-0.39, 0.29) is 0 Å². The molecule has 114 valence electrons. The first-order valence-electron chi connectivity index (χ1n) is 7.68. The van der Waals surface area contributed by atoms with Gasteiger partial charge in [-0.05, 0) is 12.7 Å². The van der Waals surface area contributed by atoms with Crippen molar-refractivity contribution in [3.63, 3.8) is 0 Å². The molecule has 4 nitrogen and oxygen atoms in total. The summed E-state index contributed by atoms with van der Waals surface area (Å²) in [6, 6.07) is 1.80. The lowest BCUT2D eigenvalue weighted by atomic mass is 10.1. The molecule has 0 radical (unpaired) electrons. The molecule has 0 saturated heterocycles. The normalized spacial score (nSPS) is 10.7. The van der Waals surface area contributed by atoms with Crippen LogP contribution in [0.15, 0.2) is 11.2 Å². The van der Waals surface area contributed by atoms with Crippen molar-refractivity contribution in [1.29, 1.82) is 0 Å². The second kappa shape index (κ2) is 10.8. The van der Waals surface area contributed by atoms with E-state index < -0.39 is 0 Å². The van der Waals surface area contributed by atoms with Gasteiger partial charge in [-0.1, -0.05) is 63.6 Å². The second-order valence-corrected chi connectivity index (χ2v) is 5.84. The Balaban J connectivity index is 2.08. The van der Waals surface area contributed by atoms with Gasteiger partial charge in [-0.2, -0.15) is 0 Å². The molecular formula is C15H28N4S. The van der Waals surface area contributed by atoms with Crippen molar-refractivity contribution >= 4 is 23.4 Å². The minimum absolute atomic E-state index is 0.530. The molecule has 0 spiro atoms. The third-order valence-corrected chi connectivity index (χ3v) is 3.79. The molecule has 5 heteroatoms. The van der Waals surface area contributed by atoms with Gasteiger partial charge in [0, 0.05) is 12.6 Å². The van der Waals surface area contributed by atoms with Gasteiger partial charge in [0.15, 0.2) is 5.16 Å². The highest BCUT2D eigenvalue weighted by Crippen LogP contribution is 2.15. The highest BCUT2D eigenvalue weighted by molar-refractivity contribution is 7.98. The first-order chi connectivity index (χ1) is 9.76. The third kappa shape index (κ3) is 7.58. The monoisotopic (exact) mass is 296 g/mol. The highest BCUT2D eigenvalue weighted by atomic mass is 32.2. The van der Waals surface area contributed by atoms with Crippen molar-refractivity contribution in [2.45, 2.75) is 63.4 Å². The zero-order valence-electron chi connectivity index (χ0n) is 12.8. The van der Waals surface area contributed by atoms with E-state index in [1.165, 1.54) is 63.1 Å². The average molecular weight is 296 g/mol. The van der Waals surface area contributed by atoms with Crippen LogP contribution in [0.2, 0.25) is 0 Å². The molecule has 0 fully saturated rings. The van der Waals surface area contributed by atoms with Gasteiger partial charge >= 0.3 is 0 Å². The predicted molar refractivity (Wildman–Crippen MR) is 89.3 cm³/mol. The van der Waals surface area contributed by atoms with Gasteiger partial charge in [0.1, 0.15) is 11.6 Å². The zero-order chi connectivity index (χ0) is 14.6. The highest BCUT2D eigenvalue weighted by Gasteiger charge is 2.00. The Bertz CT molecular complexity index is 371. The van der Waals surface area contributed by atoms with E-state index in [1.54, 1.807) is 6.07 Å². The van der Waals surface area contributed by atoms with Crippen molar-refractivity contribution in [3.05, 3.63) is 6.07 Å². The summed E-state index contributed by atoms with van der Waals surface area (Å²) in [6.07, 6.45) is 12.6. The molecule has 1 aromatic rings. The van der Waals surface area contributed by atoms with Crippen molar-refractivity contribution in [3.8, 4) is 0 Å². The zero-order valence-corrected chi connectivity index (χ0v) is 13.6. The number of hydrogen-bond donors (Lipinski definition) is 2. The molecule has 0 amide bonds. The standard InChI is InChI=1S/C15H28N4S/c1-3-4-5-6-7-8-9-10-11-17-14-12-13(16)18-15(19-14)20-2/h12H,3-11H2,1-2H3,(H3,16,17,18,19). The van der Waals surface area contributed by atoms with E-state index in [0.29, 0.717) is 5.82 Å². The molecule has 0 unspecified atom stereocenters. The molecule has 1 heterocycles. The Kier molecular flexibility index (Phi) is 9.20. The van der Waals surface area contributed by atoms with E-state index in [4.69, 9.17) is 5.73 Å². The van der Waals surface area contributed by atoms with Crippen LogP contribution in [0.5, 0.6) is 0 Å². The Labute approximate surface area is 127 Å². The van der Waals surface area contributed by atoms with Crippen LogP contribution in [0, 0.1) is 0 Å². The van der Waals surface area contributed by atoms with Crippen molar-refractivity contribution in [1.82, 2.24) is 9.97 Å². The SMILES string of the molecule is CCCCCCCCCCNc1cc(N)nc(SC)n1. The number of anilines is 2. The molecule has 1 rings (SSSR count). The molecule has 0 aliphatic rings. The minimum Gasteiger partial charge on any atom is -0.383 e. The van der Waals surface area contributed by atoms with E-state index in [1.807, 2.05) is 6.26 Å². The summed E-state index contributed by atoms with van der Waals surface area (Å²) in [5, 5.41) is 4.05. The molecule has 20 heavy (non-hydrogen) atoms. The Morgan fingerprint density at radius 3 is 2.35 bits per heavy atom. The van der Waals surface area contributed by atoms with Crippen LogP contribution >= 0.6 is 11.8 Å². The maximum Gasteiger partial charge on any atom is 0.191 e. The van der Waals surface area contributed by atoms with Gasteiger partial charge in [-0.15, -0.1) is 0 Å². The summed E-state index contributed by atoms with van der Waals surface area (Å²) in [5.41, 5.74) is 5.74. The summed E-state index contributed by atoms with van der Waals surface area (Å²) in [5.74, 6) is 1.37. The van der Waals surface area contributed by atoms with Crippen molar-refractivity contribution < 1.29 is 0 Å². The molecular weight excluding hydrogens is 268 g/mol. The van der Waals surface area contributed by atoms with E-state index >= 15 is 0 Å². The number of nitrogen functional groups attached to an aromatic ring is 1. The maximum atomic E-state index is 5.74. The van der Waals surface area contributed by atoms with Crippen LogP contribution in [0.25, 0.3) is 0 Å². The Hall–Kier alpha value is -0.970. The fourth-order valence-electron chi connectivity index (χ4n) is 2.10. The van der Waals surface area contributed by atoms with Crippen molar-refractivity contribution in [2.75, 3.05) is 23.9 Å². The Morgan fingerprint density at radius 2 is 1.70 bits per heavy atom. The van der Waals surface area contributed by atoms with E-state index in [9.17, 15) is 0 Å². The Morgan fingerprint density at radius 1 is 1.05 bits per heavy atom. The largest absolute Gasteiger partial charge is 0.383 e. The quantitative estimate of drug-likeness (QED) is 0.361. The smallest absolute Gasteiger partial charge is 0.191 e. The lowest BCUT2D eigenvalue weighted by Crippen LogP contribution is -2.05. The summed E-state index contributed by atoms with van der Waals surface area (Å²) in [4.78, 5) is 8.52.